The van der Waals surface area contributed by atoms with Crippen molar-refractivity contribution in [2.75, 3.05) is 59.0 Å². The molecule has 1 amide bonds. The average Bonchev–Trinajstić information content (AvgIpc) is 2.99. The molecule has 26 heavy (non-hydrogen) atoms. The Hall–Kier alpha value is -0.890. The maximum Gasteiger partial charge on any atom is 0.407 e. The van der Waals surface area contributed by atoms with Gasteiger partial charge in [-0.15, -0.1) is 0 Å². The molecular formula is C19H38N4O3. The summed E-state index contributed by atoms with van der Waals surface area (Å²) in [4.78, 5) is 16.7. The third kappa shape index (κ3) is 7.78. The summed E-state index contributed by atoms with van der Waals surface area (Å²) in [7, 11) is 0. The first-order valence-corrected chi connectivity index (χ1v) is 10.1. The van der Waals surface area contributed by atoms with Gasteiger partial charge in [0.15, 0.2) is 0 Å². The zero-order valence-corrected chi connectivity index (χ0v) is 16.8. The summed E-state index contributed by atoms with van der Waals surface area (Å²) in [5.74, 6) is 0.382. The molecule has 7 heteroatoms. The van der Waals surface area contributed by atoms with Crippen LogP contribution in [0.1, 0.15) is 40.0 Å². The summed E-state index contributed by atoms with van der Waals surface area (Å²) in [5, 5.41) is 15.9. The molecule has 0 aromatic carbocycles. The summed E-state index contributed by atoms with van der Waals surface area (Å²) in [6.07, 6.45) is 2.94. The minimum atomic E-state index is -0.468. The number of carbonyl (C=O) groups is 1. The van der Waals surface area contributed by atoms with Crippen molar-refractivity contribution in [3.8, 4) is 0 Å². The molecule has 0 bridgehead atoms. The monoisotopic (exact) mass is 370 g/mol. The van der Waals surface area contributed by atoms with E-state index in [1.807, 2.05) is 20.8 Å². The van der Waals surface area contributed by atoms with Crippen molar-refractivity contribution in [3.05, 3.63) is 0 Å². The number of likely N-dealkylation sites (tertiary alicyclic amines) is 1. The van der Waals surface area contributed by atoms with Crippen LogP contribution in [-0.4, -0.2) is 91.6 Å². The fourth-order valence-corrected chi connectivity index (χ4v) is 3.83. The predicted molar refractivity (Wildman–Crippen MR) is 103 cm³/mol. The smallest absolute Gasteiger partial charge is 0.407 e. The van der Waals surface area contributed by atoms with Gasteiger partial charge in [-0.2, -0.15) is 0 Å². The van der Waals surface area contributed by atoms with E-state index in [0.29, 0.717) is 12.5 Å². The lowest BCUT2D eigenvalue weighted by atomic mass is 10.1. The molecule has 0 aliphatic carbocycles. The van der Waals surface area contributed by atoms with E-state index in [1.54, 1.807) is 0 Å². The van der Waals surface area contributed by atoms with Gasteiger partial charge in [0.2, 0.25) is 0 Å². The molecule has 0 aromatic rings. The maximum atomic E-state index is 11.8. The number of nitrogens with one attached hydrogen (secondary N) is 2. The highest BCUT2D eigenvalue weighted by Gasteiger charge is 2.31. The number of unbranched alkanes of at least 4 members (excludes halogenated alkanes) is 1. The van der Waals surface area contributed by atoms with E-state index in [9.17, 15) is 9.90 Å². The Balaban J connectivity index is 1.63. The fraction of sp³-hybridized carbons (Fsp3) is 0.947. The van der Waals surface area contributed by atoms with E-state index in [2.05, 4.69) is 20.4 Å². The molecule has 2 heterocycles. The molecule has 0 aromatic heterocycles. The van der Waals surface area contributed by atoms with E-state index < -0.39 is 5.60 Å². The van der Waals surface area contributed by atoms with Crippen LogP contribution in [0.5, 0.6) is 0 Å². The minimum absolute atomic E-state index is 0.195. The molecule has 2 aliphatic heterocycles. The van der Waals surface area contributed by atoms with Crippen molar-refractivity contribution in [2.24, 2.45) is 5.92 Å². The fourth-order valence-electron chi connectivity index (χ4n) is 3.83. The molecule has 2 saturated heterocycles. The van der Waals surface area contributed by atoms with E-state index in [-0.39, 0.29) is 18.7 Å². The van der Waals surface area contributed by atoms with Gasteiger partial charge in [-0.1, -0.05) is 0 Å². The van der Waals surface area contributed by atoms with Gasteiger partial charge in [0.05, 0.1) is 6.61 Å². The largest absolute Gasteiger partial charge is 0.444 e. The Labute approximate surface area is 158 Å². The highest BCUT2D eigenvalue weighted by Crippen LogP contribution is 2.23. The molecule has 2 atom stereocenters. The highest BCUT2D eigenvalue weighted by atomic mass is 16.6. The maximum absolute atomic E-state index is 11.8. The number of amides is 1. The molecule has 1 unspecified atom stereocenters. The second-order valence-corrected chi connectivity index (χ2v) is 8.61. The van der Waals surface area contributed by atoms with Crippen LogP contribution < -0.4 is 10.6 Å². The Morgan fingerprint density at radius 2 is 1.92 bits per heavy atom. The summed E-state index contributed by atoms with van der Waals surface area (Å²) in [6.45, 7) is 14.1. The second-order valence-electron chi connectivity index (χ2n) is 8.61. The molecule has 152 valence electrons. The number of rotatable bonds is 8. The van der Waals surface area contributed by atoms with Crippen molar-refractivity contribution in [3.63, 3.8) is 0 Å². The van der Waals surface area contributed by atoms with E-state index in [1.165, 1.54) is 13.0 Å². The highest BCUT2D eigenvalue weighted by molar-refractivity contribution is 5.67. The number of carbonyl (C=O) groups excluding carboxylic acids is 1. The van der Waals surface area contributed by atoms with Crippen LogP contribution in [0.15, 0.2) is 0 Å². The number of ether oxygens (including phenoxy) is 1. The van der Waals surface area contributed by atoms with E-state index in [4.69, 9.17) is 4.74 Å². The lowest BCUT2D eigenvalue weighted by Gasteiger charge is -2.28. The van der Waals surface area contributed by atoms with Crippen molar-refractivity contribution in [1.82, 2.24) is 20.4 Å². The first kappa shape index (κ1) is 21.4. The van der Waals surface area contributed by atoms with Crippen LogP contribution in [0, 0.1) is 5.92 Å². The van der Waals surface area contributed by atoms with Crippen LogP contribution in [0.2, 0.25) is 0 Å². The Morgan fingerprint density at radius 1 is 1.23 bits per heavy atom. The lowest BCUT2D eigenvalue weighted by Crippen LogP contribution is -2.43. The third-order valence-electron chi connectivity index (χ3n) is 5.14. The van der Waals surface area contributed by atoms with Crippen LogP contribution in [0.25, 0.3) is 0 Å². The average molecular weight is 371 g/mol. The topological polar surface area (TPSA) is 77.1 Å². The zero-order chi connectivity index (χ0) is 19.0. The number of nitrogens with zero attached hydrogens (tertiary/aromatic N) is 2. The van der Waals surface area contributed by atoms with Gasteiger partial charge < -0.3 is 25.4 Å². The SMILES string of the molecule is CC(C)(C)OC(=O)NCC1C[C@@H](CO)N(CCCCN2CCNCC2)C1. The number of hydrogen-bond acceptors (Lipinski definition) is 6. The quantitative estimate of drug-likeness (QED) is 0.551. The first-order valence-electron chi connectivity index (χ1n) is 10.1. The van der Waals surface area contributed by atoms with E-state index in [0.717, 1.165) is 52.1 Å². The van der Waals surface area contributed by atoms with Crippen molar-refractivity contribution < 1.29 is 14.6 Å². The Kier molecular flexibility index (Phi) is 8.60. The van der Waals surface area contributed by atoms with Crippen molar-refractivity contribution in [1.29, 1.82) is 0 Å². The Bertz CT molecular complexity index is 421. The lowest BCUT2D eigenvalue weighted by molar-refractivity contribution is 0.0519. The third-order valence-corrected chi connectivity index (χ3v) is 5.14. The number of hydrogen-bond donors (Lipinski definition) is 3. The molecule has 2 fully saturated rings. The van der Waals surface area contributed by atoms with Crippen molar-refractivity contribution >= 4 is 6.09 Å². The van der Waals surface area contributed by atoms with Gasteiger partial charge >= 0.3 is 6.09 Å². The number of piperazine rings is 1. The number of aliphatic hydroxyl groups is 1. The summed E-state index contributed by atoms with van der Waals surface area (Å²) >= 11 is 0. The van der Waals surface area contributed by atoms with Gasteiger partial charge in [-0.05, 0) is 59.0 Å². The molecular weight excluding hydrogens is 332 g/mol. The van der Waals surface area contributed by atoms with Crippen molar-refractivity contribution in [2.45, 2.75) is 51.7 Å². The van der Waals surface area contributed by atoms with Crippen LogP contribution in [0.3, 0.4) is 0 Å². The zero-order valence-electron chi connectivity index (χ0n) is 16.8. The molecule has 2 rings (SSSR count). The number of aliphatic hydroxyl groups excluding tert-OH is 1. The molecule has 0 saturated carbocycles. The van der Waals surface area contributed by atoms with Crippen LogP contribution in [0.4, 0.5) is 4.79 Å². The molecule has 3 N–H and O–H groups in total. The second kappa shape index (κ2) is 10.4. The predicted octanol–water partition coefficient (Wildman–Crippen LogP) is 0.879. The summed E-state index contributed by atoms with van der Waals surface area (Å²) < 4.78 is 5.29. The minimum Gasteiger partial charge on any atom is -0.444 e. The normalized spacial score (nSPS) is 25.4. The van der Waals surface area contributed by atoms with Gasteiger partial charge in [0.1, 0.15) is 5.60 Å². The molecule has 0 radical (unpaired) electrons. The van der Waals surface area contributed by atoms with Crippen LogP contribution in [-0.2, 0) is 4.74 Å². The number of alkyl carbamates (subject to hydrolysis) is 1. The molecule has 2 aliphatic rings. The van der Waals surface area contributed by atoms with Crippen LogP contribution >= 0.6 is 0 Å². The van der Waals surface area contributed by atoms with Gasteiger partial charge in [-0.3, -0.25) is 4.90 Å². The first-order chi connectivity index (χ1) is 12.4. The Morgan fingerprint density at radius 3 is 2.58 bits per heavy atom. The van der Waals surface area contributed by atoms with Gasteiger partial charge in [0.25, 0.3) is 0 Å². The molecule has 7 nitrogen and oxygen atoms in total. The summed E-state index contributed by atoms with van der Waals surface area (Å²) in [5.41, 5.74) is -0.468. The van der Waals surface area contributed by atoms with E-state index >= 15 is 0 Å². The molecule has 0 spiro atoms. The van der Waals surface area contributed by atoms with Gasteiger partial charge in [0, 0.05) is 45.3 Å². The van der Waals surface area contributed by atoms with Gasteiger partial charge in [-0.25, -0.2) is 4.79 Å². The summed E-state index contributed by atoms with van der Waals surface area (Å²) in [6, 6.07) is 0.222. The standard InChI is InChI=1S/C19H38N4O3/c1-19(2,3)26-18(25)21-13-16-12-17(15-24)23(14-16)9-5-4-8-22-10-6-20-7-11-22/h16-17,20,24H,4-15H2,1-3H3,(H,21,25)/t16?,17-/m0/s1.